The summed E-state index contributed by atoms with van der Waals surface area (Å²) in [6, 6.07) is 4.85. The molecule has 2 aromatic heterocycles. The van der Waals surface area contributed by atoms with Gasteiger partial charge in [-0.05, 0) is 29.8 Å². The molecule has 0 bridgehead atoms. The second-order valence-electron chi connectivity index (χ2n) is 3.50. The molecule has 0 atom stereocenters. The fraction of sp³-hybridized carbons (Fsp3) is 0.0769. The van der Waals surface area contributed by atoms with E-state index in [0.29, 0.717) is 11.4 Å². The molecule has 0 aliphatic rings. The fourth-order valence-corrected chi connectivity index (χ4v) is 1.57. The zero-order valence-corrected chi connectivity index (χ0v) is 10.6. The van der Waals surface area contributed by atoms with Crippen LogP contribution in [0.15, 0.2) is 35.1 Å². The topological polar surface area (TPSA) is 81.1 Å². The highest BCUT2D eigenvalue weighted by Gasteiger charge is 2.13. The maximum Gasteiger partial charge on any atom is 0.261 e. The quantitative estimate of drug-likeness (QED) is 0.820. The number of hydrogen-bond donors (Lipinski definition) is 2. The Morgan fingerprint density at radius 3 is 3.05 bits per heavy atom. The van der Waals surface area contributed by atoms with Crippen molar-refractivity contribution in [3.63, 3.8) is 0 Å². The Hall–Kier alpha value is -2.29. The molecular formula is C13H10ClN3O2. The largest absolute Gasteiger partial charge is 0.452 e. The van der Waals surface area contributed by atoms with E-state index < -0.39 is 5.91 Å². The third-order valence-corrected chi connectivity index (χ3v) is 2.49. The number of carbonyl (C=O) groups is 1. The zero-order valence-electron chi connectivity index (χ0n) is 9.81. The van der Waals surface area contributed by atoms with Crippen LogP contribution in [-0.2, 0) is 0 Å². The summed E-state index contributed by atoms with van der Waals surface area (Å²) in [7, 11) is 0. The number of pyridine rings is 1. The minimum Gasteiger partial charge on any atom is -0.452 e. The number of carbonyl (C=O) groups excluding carboxylic acids is 1. The van der Waals surface area contributed by atoms with E-state index >= 15 is 0 Å². The fourth-order valence-electron chi connectivity index (χ4n) is 1.37. The van der Waals surface area contributed by atoms with Gasteiger partial charge in [0.05, 0.1) is 18.4 Å². The Balaban J connectivity index is 2.15. The lowest BCUT2D eigenvalue weighted by molar-refractivity contribution is 0.102. The highest BCUT2D eigenvalue weighted by molar-refractivity contribution is 6.32. The summed E-state index contributed by atoms with van der Waals surface area (Å²) in [5.74, 6) is 5.56. The third kappa shape index (κ3) is 3.35. The van der Waals surface area contributed by atoms with Crippen LogP contribution < -0.4 is 11.1 Å². The second-order valence-corrected chi connectivity index (χ2v) is 3.84. The summed E-state index contributed by atoms with van der Waals surface area (Å²) in [6.07, 6.45) is 2.89. The minimum absolute atomic E-state index is 0.0385. The Morgan fingerprint density at radius 2 is 2.37 bits per heavy atom. The summed E-state index contributed by atoms with van der Waals surface area (Å²) in [5.41, 5.74) is 6.26. The highest BCUT2D eigenvalue weighted by Crippen LogP contribution is 2.18. The average molecular weight is 276 g/mol. The van der Waals surface area contributed by atoms with Gasteiger partial charge >= 0.3 is 0 Å². The van der Waals surface area contributed by atoms with Crippen molar-refractivity contribution in [3.05, 3.63) is 47.0 Å². The first-order valence-electron chi connectivity index (χ1n) is 5.40. The van der Waals surface area contributed by atoms with Gasteiger partial charge < -0.3 is 15.5 Å². The van der Waals surface area contributed by atoms with Crippen molar-refractivity contribution in [2.24, 2.45) is 5.73 Å². The third-order valence-electron chi connectivity index (χ3n) is 2.20. The van der Waals surface area contributed by atoms with Crippen LogP contribution in [0, 0.1) is 11.8 Å². The first kappa shape index (κ1) is 13.1. The monoisotopic (exact) mass is 275 g/mol. The Morgan fingerprint density at radius 1 is 1.53 bits per heavy atom. The molecule has 3 N–H and O–H groups in total. The van der Waals surface area contributed by atoms with Gasteiger partial charge in [-0.1, -0.05) is 11.8 Å². The number of nitrogens with two attached hydrogens (primary N) is 1. The SMILES string of the molecule is NCC#Cc1ccnc(NC(=O)c2ccoc2Cl)c1. The number of hydrogen-bond acceptors (Lipinski definition) is 4. The van der Waals surface area contributed by atoms with Crippen LogP contribution in [0.2, 0.25) is 5.22 Å². The van der Waals surface area contributed by atoms with E-state index in [1.54, 1.807) is 18.3 Å². The van der Waals surface area contributed by atoms with Gasteiger partial charge in [0.2, 0.25) is 5.22 Å². The van der Waals surface area contributed by atoms with E-state index in [1.807, 2.05) is 0 Å². The van der Waals surface area contributed by atoms with Crippen molar-refractivity contribution in [2.75, 3.05) is 11.9 Å². The lowest BCUT2D eigenvalue weighted by atomic mass is 10.2. The molecule has 0 saturated heterocycles. The second kappa shape index (κ2) is 6.05. The van der Waals surface area contributed by atoms with Gasteiger partial charge in [-0.2, -0.15) is 0 Å². The number of nitrogens with zero attached hydrogens (tertiary/aromatic N) is 1. The molecule has 0 aliphatic carbocycles. The Labute approximate surface area is 114 Å². The molecule has 19 heavy (non-hydrogen) atoms. The number of amides is 1. The molecule has 2 rings (SSSR count). The van der Waals surface area contributed by atoms with Gasteiger partial charge in [0.15, 0.2) is 0 Å². The first-order chi connectivity index (χ1) is 9.20. The molecule has 0 aliphatic heterocycles. The van der Waals surface area contributed by atoms with Crippen LogP contribution in [0.4, 0.5) is 5.82 Å². The molecule has 0 spiro atoms. The van der Waals surface area contributed by atoms with Crippen LogP contribution >= 0.6 is 11.6 Å². The molecule has 0 unspecified atom stereocenters. The maximum absolute atomic E-state index is 11.9. The van der Waals surface area contributed by atoms with Gasteiger partial charge in [-0.25, -0.2) is 4.98 Å². The van der Waals surface area contributed by atoms with Crippen LogP contribution in [0.25, 0.3) is 0 Å². The number of nitrogens with one attached hydrogen (secondary N) is 1. The minimum atomic E-state index is -0.393. The number of halogens is 1. The molecule has 5 nitrogen and oxygen atoms in total. The lowest BCUT2D eigenvalue weighted by Gasteiger charge is -2.03. The Kier molecular flexibility index (Phi) is 4.18. The van der Waals surface area contributed by atoms with Gasteiger partial charge in [-0.3, -0.25) is 4.79 Å². The summed E-state index contributed by atoms with van der Waals surface area (Å²) in [4.78, 5) is 15.9. The summed E-state index contributed by atoms with van der Waals surface area (Å²) < 4.78 is 4.85. The smallest absolute Gasteiger partial charge is 0.261 e. The van der Waals surface area contributed by atoms with E-state index in [2.05, 4.69) is 22.1 Å². The molecule has 0 aromatic carbocycles. The van der Waals surface area contributed by atoms with E-state index in [9.17, 15) is 4.79 Å². The highest BCUT2D eigenvalue weighted by atomic mass is 35.5. The van der Waals surface area contributed by atoms with Crippen LogP contribution in [0.5, 0.6) is 0 Å². The van der Waals surface area contributed by atoms with Crippen molar-refractivity contribution >= 4 is 23.3 Å². The van der Waals surface area contributed by atoms with Crippen LogP contribution in [0.1, 0.15) is 15.9 Å². The van der Waals surface area contributed by atoms with E-state index in [4.69, 9.17) is 21.8 Å². The van der Waals surface area contributed by atoms with Gasteiger partial charge in [0, 0.05) is 11.8 Å². The molecule has 96 valence electrons. The zero-order chi connectivity index (χ0) is 13.7. The summed E-state index contributed by atoms with van der Waals surface area (Å²) >= 11 is 5.72. The normalized spacial score (nSPS) is 9.58. The van der Waals surface area contributed by atoms with E-state index in [1.165, 1.54) is 12.3 Å². The number of anilines is 1. The van der Waals surface area contributed by atoms with Gasteiger partial charge in [-0.15, -0.1) is 0 Å². The molecule has 0 saturated carbocycles. The summed E-state index contributed by atoms with van der Waals surface area (Å²) in [6.45, 7) is 0.272. The predicted octanol–water partition coefficient (Wildman–Crippen LogP) is 1.89. The molecule has 6 heteroatoms. The number of rotatable bonds is 2. The Bertz CT molecular complexity index is 655. The predicted molar refractivity (Wildman–Crippen MR) is 71.8 cm³/mol. The molecule has 0 fully saturated rings. The molecule has 2 heterocycles. The standard InChI is InChI=1S/C13H10ClN3O2/c14-12-10(4-7-19-12)13(18)17-11-8-9(2-1-5-15)3-6-16-11/h3-4,6-8H,5,15H2,(H,16,17,18). The molecule has 2 aromatic rings. The molecular weight excluding hydrogens is 266 g/mol. The average Bonchev–Trinajstić information content (AvgIpc) is 2.83. The maximum atomic E-state index is 11.9. The van der Waals surface area contributed by atoms with Crippen molar-refractivity contribution in [3.8, 4) is 11.8 Å². The van der Waals surface area contributed by atoms with E-state index in [0.717, 1.165) is 0 Å². The van der Waals surface area contributed by atoms with Crippen LogP contribution in [0.3, 0.4) is 0 Å². The number of aromatic nitrogens is 1. The number of furan rings is 1. The van der Waals surface area contributed by atoms with Crippen molar-refractivity contribution in [1.82, 2.24) is 4.98 Å². The lowest BCUT2D eigenvalue weighted by Crippen LogP contribution is -2.12. The van der Waals surface area contributed by atoms with E-state index in [-0.39, 0.29) is 17.3 Å². The van der Waals surface area contributed by atoms with Crippen molar-refractivity contribution in [2.45, 2.75) is 0 Å². The summed E-state index contributed by atoms with van der Waals surface area (Å²) in [5, 5.41) is 2.65. The van der Waals surface area contributed by atoms with Gasteiger partial charge in [0.25, 0.3) is 5.91 Å². The first-order valence-corrected chi connectivity index (χ1v) is 5.78. The molecule has 1 amide bonds. The van der Waals surface area contributed by atoms with Crippen molar-refractivity contribution < 1.29 is 9.21 Å². The van der Waals surface area contributed by atoms with Gasteiger partial charge in [0.1, 0.15) is 5.82 Å². The molecule has 0 radical (unpaired) electrons. The van der Waals surface area contributed by atoms with Crippen molar-refractivity contribution in [1.29, 1.82) is 0 Å². The van der Waals surface area contributed by atoms with Crippen LogP contribution in [-0.4, -0.2) is 17.4 Å².